The van der Waals surface area contributed by atoms with Gasteiger partial charge in [-0.25, -0.2) is 12.7 Å². The molecule has 0 unspecified atom stereocenters. The first kappa shape index (κ1) is 17.6. The summed E-state index contributed by atoms with van der Waals surface area (Å²) in [5.41, 5.74) is 1.49. The van der Waals surface area contributed by atoms with Gasteiger partial charge in [0.15, 0.2) is 0 Å². The molecule has 7 nitrogen and oxygen atoms in total. The molecule has 0 saturated heterocycles. The van der Waals surface area contributed by atoms with E-state index >= 15 is 0 Å². The number of carbonyl (C=O) groups excluding carboxylic acids is 2. The number of benzene rings is 2. The fourth-order valence-corrected chi connectivity index (χ4v) is 4.25. The van der Waals surface area contributed by atoms with Gasteiger partial charge in [0.2, 0.25) is 5.91 Å². The molecule has 2 aromatic rings. The standard InChI is InChI=1S/C18H15N3O4S/c19-11-9-13-5-7-14(8-6-13)20-17(22)10-12-21-18(23)15-3-1-2-4-16(15)26(21,24)25/h1-8H,9-10,12H2,(H,20,22). The van der Waals surface area contributed by atoms with Crippen LogP contribution in [0.3, 0.4) is 0 Å². The Hall–Kier alpha value is -3.18. The molecule has 132 valence electrons. The van der Waals surface area contributed by atoms with E-state index in [9.17, 15) is 18.0 Å². The molecule has 3 rings (SSSR count). The maximum Gasteiger partial charge on any atom is 0.269 e. The van der Waals surface area contributed by atoms with E-state index in [4.69, 9.17) is 5.26 Å². The van der Waals surface area contributed by atoms with E-state index in [1.54, 1.807) is 36.4 Å². The summed E-state index contributed by atoms with van der Waals surface area (Å²) in [4.78, 5) is 24.3. The van der Waals surface area contributed by atoms with Crippen molar-refractivity contribution in [3.05, 3.63) is 59.7 Å². The molecule has 0 bridgehead atoms. The van der Waals surface area contributed by atoms with Gasteiger partial charge in [-0.15, -0.1) is 0 Å². The Kier molecular flexibility index (Phi) is 4.73. The number of hydrogen-bond donors (Lipinski definition) is 1. The van der Waals surface area contributed by atoms with E-state index in [1.165, 1.54) is 12.1 Å². The van der Waals surface area contributed by atoms with Gasteiger partial charge < -0.3 is 5.32 Å². The molecule has 0 spiro atoms. The minimum atomic E-state index is -3.90. The number of anilines is 1. The first-order valence-corrected chi connectivity index (χ1v) is 9.29. The van der Waals surface area contributed by atoms with Gasteiger partial charge >= 0.3 is 0 Å². The third kappa shape index (κ3) is 3.30. The van der Waals surface area contributed by atoms with Crippen LogP contribution in [0.1, 0.15) is 22.3 Å². The van der Waals surface area contributed by atoms with Gasteiger partial charge in [0.05, 0.1) is 18.1 Å². The number of sulfonamides is 1. The number of carbonyl (C=O) groups is 2. The van der Waals surface area contributed by atoms with Gasteiger partial charge in [-0.2, -0.15) is 5.26 Å². The van der Waals surface area contributed by atoms with Crippen molar-refractivity contribution >= 4 is 27.5 Å². The van der Waals surface area contributed by atoms with Crippen LogP contribution in [0, 0.1) is 11.3 Å². The van der Waals surface area contributed by atoms with E-state index in [1.807, 2.05) is 6.07 Å². The number of amides is 2. The van der Waals surface area contributed by atoms with Crippen molar-refractivity contribution < 1.29 is 18.0 Å². The van der Waals surface area contributed by atoms with Crippen LogP contribution in [-0.2, 0) is 21.2 Å². The van der Waals surface area contributed by atoms with Crippen molar-refractivity contribution in [2.75, 3.05) is 11.9 Å². The average molecular weight is 369 g/mol. The summed E-state index contributed by atoms with van der Waals surface area (Å²) in [5, 5.41) is 11.3. The van der Waals surface area contributed by atoms with Gasteiger partial charge in [0.25, 0.3) is 15.9 Å². The summed E-state index contributed by atoms with van der Waals surface area (Å²) in [6.45, 7) is -0.228. The Morgan fingerprint density at radius 2 is 1.81 bits per heavy atom. The Balaban J connectivity index is 1.63. The molecular weight excluding hydrogens is 354 g/mol. The van der Waals surface area contributed by atoms with Crippen LogP contribution in [0.5, 0.6) is 0 Å². The highest BCUT2D eigenvalue weighted by Crippen LogP contribution is 2.29. The molecule has 0 aliphatic carbocycles. The van der Waals surface area contributed by atoms with Crippen LogP contribution < -0.4 is 5.32 Å². The molecule has 1 aliphatic heterocycles. The van der Waals surface area contributed by atoms with Crippen molar-refractivity contribution in [3.8, 4) is 6.07 Å². The molecule has 8 heteroatoms. The molecule has 0 radical (unpaired) electrons. The molecule has 1 aliphatic rings. The molecule has 2 aromatic carbocycles. The van der Waals surface area contributed by atoms with E-state index in [2.05, 4.69) is 5.32 Å². The quantitative estimate of drug-likeness (QED) is 0.866. The SMILES string of the molecule is N#CCc1ccc(NC(=O)CCN2C(=O)c3ccccc3S2(=O)=O)cc1. The summed E-state index contributed by atoms with van der Waals surface area (Å²) < 4.78 is 25.6. The second kappa shape index (κ2) is 6.98. The second-order valence-corrected chi connectivity index (χ2v) is 7.54. The highest BCUT2D eigenvalue weighted by molar-refractivity contribution is 7.90. The van der Waals surface area contributed by atoms with E-state index in [-0.39, 0.29) is 29.8 Å². The predicted octanol–water partition coefficient (Wildman–Crippen LogP) is 1.93. The van der Waals surface area contributed by atoms with Gasteiger partial charge in [0, 0.05) is 18.7 Å². The summed E-state index contributed by atoms with van der Waals surface area (Å²) in [6.07, 6.45) is 0.128. The molecule has 0 aromatic heterocycles. The first-order chi connectivity index (χ1) is 12.4. The lowest BCUT2D eigenvalue weighted by Crippen LogP contribution is -2.33. The molecule has 26 heavy (non-hydrogen) atoms. The molecule has 2 amide bonds. The topological polar surface area (TPSA) is 107 Å². The molecular formula is C18H15N3O4S. The lowest BCUT2D eigenvalue weighted by atomic mass is 10.1. The smallest absolute Gasteiger partial charge is 0.269 e. The average Bonchev–Trinajstić information content (AvgIpc) is 2.82. The number of fused-ring (bicyclic) bond motifs is 1. The van der Waals surface area contributed by atoms with Gasteiger partial charge in [0.1, 0.15) is 4.90 Å². The molecule has 0 atom stereocenters. The normalized spacial score (nSPS) is 14.6. The first-order valence-electron chi connectivity index (χ1n) is 7.85. The Morgan fingerprint density at radius 3 is 2.46 bits per heavy atom. The summed E-state index contributed by atoms with van der Waals surface area (Å²) >= 11 is 0. The summed E-state index contributed by atoms with van der Waals surface area (Å²) in [6, 6.07) is 14.8. The maximum absolute atomic E-state index is 12.4. The van der Waals surface area contributed by atoms with Crippen LogP contribution >= 0.6 is 0 Å². The number of nitrogens with one attached hydrogen (secondary N) is 1. The monoisotopic (exact) mass is 369 g/mol. The molecule has 0 saturated carbocycles. The third-order valence-corrected chi connectivity index (χ3v) is 5.82. The second-order valence-electron chi connectivity index (χ2n) is 5.71. The molecule has 1 N–H and O–H groups in total. The zero-order chi connectivity index (χ0) is 18.7. The van der Waals surface area contributed by atoms with Crippen molar-refractivity contribution in [1.82, 2.24) is 4.31 Å². The van der Waals surface area contributed by atoms with Crippen molar-refractivity contribution in [1.29, 1.82) is 5.26 Å². The number of hydrogen-bond acceptors (Lipinski definition) is 5. The summed E-state index contributed by atoms with van der Waals surface area (Å²) in [7, 11) is -3.90. The van der Waals surface area contributed by atoms with Crippen LogP contribution in [-0.4, -0.2) is 31.1 Å². The number of nitrogens with zero attached hydrogens (tertiary/aromatic N) is 2. The van der Waals surface area contributed by atoms with Crippen molar-refractivity contribution in [3.63, 3.8) is 0 Å². The fourth-order valence-electron chi connectivity index (χ4n) is 2.68. The number of rotatable bonds is 5. The lowest BCUT2D eigenvalue weighted by Gasteiger charge is -2.14. The van der Waals surface area contributed by atoms with E-state index in [0.29, 0.717) is 5.69 Å². The highest BCUT2D eigenvalue weighted by atomic mass is 32.2. The highest BCUT2D eigenvalue weighted by Gasteiger charge is 2.40. The minimum absolute atomic E-state index is 0.0292. The van der Waals surface area contributed by atoms with E-state index in [0.717, 1.165) is 9.87 Å². The Labute approximate surface area is 150 Å². The van der Waals surface area contributed by atoms with Crippen LogP contribution in [0.15, 0.2) is 53.4 Å². The summed E-state index contributed by atoms with van der Waals surface area (Å²) in [5.74, 6) is -1.02. The van der Waals surface area contributed by atoms with Crippen molar-refractivity contribution in [2.24, 2.45) is 0 Å². The van der Waals surface area contributed by atoms with E-state index < -0.39 is 21.8 Å². The predicted molar refractivity (Wildman–Crippen MR) is 93.7 cm³/mol. The van der Waals surface area contributed by atoms with Gasteiger partial charge in [-0.05, 0) is 29.8 Å². The number of nitriles is 1. The van der Waals surface area contributed by atoms with Gasteiger partial charge in [-0.1, -0.05) is 24.3 Å². The van der Waals surface area contributed by atoms with Crippen LogP contribution in [0.2, 0.25) is 0 Å². The Bertz CT molecular complexity index is 1010. The van der Waals surface area contributed by atoms with Crippen LogP contribution in [0.4, 0.5) is 5.69 Å². The lowest BCUT2D eigenvalue weighted by molar-refractivity contribution is -0.116. The fraction of sp³-hybridized carbons (Fsp3) is 0.167. The Morgan fingerprint density at radius 1 is 1.12 bits per heavy atom. The third-order valence-electron chi connectivity index (χ3n) is 3.97. The molecule has 1 heterocycles. The minimum Gasteiger partial charge on any atom is -0.326 e. The zero-order valence-electron chi connectivity index (χ0n) is 13.7. The largest absolute Gasteiger partial charge is 0.326 e. The van der Waals surface area contributed by atoms with Crippen LogP contribution in [0.25, 0.3) is 0 Å². The van der Waals surface area contributed by atoms with Crippen molar-refractivity contribution in [2.45, 2.75) is 17.7 Å². The zero-order valence-corrected chi connectivity index (χ0v) is 14.5. The maximum atomic E-state index is 12.4. The van der Waals surface area contributed by atoms with Gasteiger partial charge in [-0.3, -0.25) is 9.59 Å². The molecule has 0 fully saturated rings.